The number of rotatable bonds is 4. The van der Waals surface area contributed by atoms with Gasteiger partial charge in [0.15, 0.2) is 0 Å². The Bertz CT molecular complexity index is 186. The number of thiol groups is 1. The van der Waals surface area contributed by atoms with Gasteiger partial charge < -0.3 is 9.32 Å². The third-order valence-corrected chi connectivity index (χ3v) is 1.71. The first kappa shape index (κ1) is 8.68. The Morgan fingerprint density at radius 1 is 1.64 bits per heavy atom. The van der Waals surface area contributed by atoms with Crippen LogP contribution in [0.1, 0.15) is 5.56 Å². The van der Waals surface area contributed by atoms with Crippen LogP contribution in [0.15, 0.2) is 23.0 Å². The summed E-state index contributed by atoms with van der Waals surface area (Å²) in [7, 11) is 2.07. The minimum atomic E-state index is 0.897. The monoisotopic (exact) mass is 171 g/mol. The number of hydrogen-bond acceptors (Lipinski definition) is 3. The fourth-order valence-corrected chi connectivity index (χ4v) is 1.29. The van der Waals surface area contributed by atoms with E-state index in [1.54, 1.807) is 12.5 Å². The fraction of sp³-hybridized carbons (Fsp3) is 0.500. The summed E-state index contributed by atoms with van der Waals surface area (Å²) in [6, 6.07) is 1.98. The Kier molecular flexibility index (Phi) is 3.52. The topological polar surface area (TPSA) is 16.4 Å². The molecule has 62 valence electrons. The quantitative estimate of drug-likeness (QED) is 0.693. The molecule has 1 aromatic rings. The first-order chi connectivity index (χ1) is 5.33. The lowest BCUT2D eigenvalue weighted by atomic mass is 10.3. The van der Waals surface area contributed by atoms with Gasteiger partial charge in [-0.1, -0.05) is 0 Å². The minimum Gasteiger partial charge on any atom is -0.472 e. The fourth-order valence-electron chi connectivity index (χ4n) is 0.944. The molecule has 11 heavy (non-hydrogen) atoms. The molecule has 3 heteroatoms. The second-order valence-electron chi connectivity index (χ2n) is 2.59. The number of nitrogens with zero attached hydrogens (tertiary/aromatic N) is 1. The second-order valence-corrected chi connectivity index (χ2v) is 3.04. The normalized spacial score (nSPS) is 10.8. The van der Waals surface area contributed by atoms with Crippen molar-refractivity contribution in [3.8, 4) is 0 Å². The Balaban J connectivity index is 2.31. The third kappa shape index (κ3) is 2.99. The van der Waals surface area contributed by atoms with E-state index in [1.807, 2.05) is 6.07 Å². The molecule has 1 rings (SSSR count). The van der Waals surface area contributed by atoms with Crippen LogP contribution in [-0.4, -0.2) is 24.2 Å². The lowest BCUT2D eigenvalue weighted by Gasteiger charge is -2.12. The molecule has 2 nitrogen and oxygen atoms in total. The summed E-state index contributed by atoms with van der Waals surface area (Å²) in [5, 5.41) is 0. The predicted octanol–water partition coefficient (Wildman–Crippen LogP) is 1.64. The molecule has 0 amide bonds. The van der Waals surface area contributed by atoms with Gasteiger partial charge in [0.05, 0.1) is 12.5 Å². The van der Waals surface area contributed by atoms with Crippen LogP contribution < -0.4 is 0 Å². The first-order valence-corrected chi connectivity index (χ1v) is 4.26. The van der Waals surface area contributed by atoms with Crippen LogP contribution in [0.25, 0.3) is 0 Å². The molecule has 0 spiro atoms. The van der Waals surface area contributed by atoms with E-state index in [-0.39, 0.29) is 0 Å². The van der Waals surface area contributed by atoms with Gasteiger partial charge in [-0.25, -0.2) is 0 Å². The van der Waals surface area contributed by atoms with Crippen LogP contribution >= 0.6 is 12.6 Å². The van der Waals surface area contributed by atoms with E-state index < -0.39 is 0 Å². The van der Waals surface area contributed by atoms with E-state index in [0.717, 1.165) is 18.8 Å². The maximum atomic E-state index is 4.95. The Labute approximate surface area is 72.6 Å². The van der Waals surface area contributed by atoms with Crippen molar-refractivity contribution in [2.45, 2.75) is 6.54 Å². The van der Waals surface area contributed by atoms with Crippen LogP contribution in [0, 0.1) is 0 Å². The van der Waals surface area contributed by atoms with Crippen LogP contribution in [-0.2, 0) is 6.54 Å². The standard InChI is InChI=1S/C8H13NOS/c1-9(3-5-11)6-8-2-4-10-7-8/h2,4,7,11H,3,5-6H2,1H3. The van der Waals surface area contributed by atoms with Crippen molar-refractivity contribution in [3.63, 3.8) is 0 Å². The van der Waals surface area contributed by atoms with Gasteiger partial charge >= 0.3 is 0 Å². The van der Waals surface area contributed by atoms with Crippen molar-refractivity contribution in [2.75, 3.05) is 19.3 Å². The van der Waals surface area contributed by atoms with Gasteiger partial charge in [0.25, 0.3) is 0 Å². The molecule has 0 unspecified atom stereocenters. The van der Waals surface area contributed by atoms with E-state index in [1.165, 1.54) is 5.56 Å². The third-order valence-electron chi connectivity index (χ3n) is 1.51. The largest absolute Gasteiger partial charge is 0.472 e. The SMILES string of the molecule is CN(CCS)Cc1ccoc1. The van der Waals surface area contributed by atoms with Crippen LogP contribution in [0.5, 0.6) is 0 Å². The molecule has 0 aliphatic heterocycles. The van der Waals surface area contributed by atoms with Crippen molar-refractivity contribution in [1.82, 2.24) is 4.90 Å². The molecule has 1 heterocycles. The maximum absolute atomic E-state index is 4.95. The zero-order valence-corrected chi connectivity index (χ0v) is 7.55. The highest BCUT2D eigenvalue weighted by Gasteiger charge is 1.98. The number of hydrogen-bond donors (Lipinski definition) is 1. The van der Waals surface area contributed by atoms with Crippen LogP contribution in [0.4, 0.5) is 0 Å². The number of furan rings is 1. The summed E-state index contributed by atoms with van der Waals surface area (Å²) >= 11 is 4.15. The van der Waals surface area contributed by atoms with Crippen LogP contribution in [0.3, 0.4) is 0 Å². The maximum Gasteiger partial charge on any atom is 0.0947 e. The smallest absolute Gasteiger partial charge is 0.0947 e. The zero-order valence-electron chi connectivity index (χ0n) is 6.66. The second kappa shape index (κ2) is 4.46. The Hall–Kier alpha value is -0.410. The van der Waals surface area contributed by atoms with Crippen molar-refractivity contribution < 1.29 is 4.42 Å². The highest BCUT2D eigenvalue weighted by Crippen LogP contribution is 2.02. The highest BCUT2D eigenvalue weighted by molar-refractivity contribution is 7.80. The average molecular weight is 171 g/mol. The van der Waals surface area contributed by atoms with Crippen LogP contribution in [0.2, 0.25) is 0 Å². The summed E-state index contributed by atoms with van der Waals surface area (Å²) in [4.78, 5) is 2.21. The molecule has 0 fully saturated rings. The summed E-state index contributed by atoms with van der Waals surface area (Å²) < 4.78 is 4.95. The zero-order chi connectivity index (χ0) is 8.10. The first-order valence-electron chi connectivity index (χ1n) is 3.63. The summed E-state index contributed by atoms with van der Waals surface area (Å²) in [6.07, 6.45) is 3.47. The van der Waals surface area contributed by atoms with E-state index in [0.29, 0.717) is 0 Å². The van der Waals surface area contributed by atoms with Gasteiger partial charge in [0.1, 0.15) is 0 Å². The van der Waals surface area contributed by atoms with Gasteiger partial charge in [-0.2, -0.15) is 12.6 Å². The molecule has 0 aromatic carbocycles. The lowest BCUT2D eigenvalue weighted by Crippen LogP contribution is -2.19. The molecular weight excluding hydrogens is 158 g/mol. The lowest BCUT2D eigenvalue weighted by molar-refractivity contribution is 0.347. The van der Waals surface area contributed by atoms with Gasteiger partial charge in [-0.05, 0) is 13.1 Å². The Morgan fingerprint density at radius 2 is 2.45 bits per heavy atom. The molecule has 0 atom stereocenters. The minimum absolute atomic E-state index is 0.897. The Morgan fingerprint density at radius 3 is 3.00 bits per heavy atom. The molecule has 0 aliphatic rings. The predicted molar refractivity (Wildman–Crippen MR) is 48.9 cm³/mol. The summed E-state index contributed by atoms with van der Waals surface area (Å²) in [5.74, 6) is 0.897. The van der Waals surface area contributed by atoms with Gasteiger partial charge in [0.2, 0.25) is 0 Å². The van der Waals surface area contributed by atoms with E-state index >= 15 is 0 Å². The van der Waals surface area contributed by atoms with Crippen molar-refractivity contribution in [2.24, 2.45) is 0 Å². The molecule has 0 radical (unpaired) electrons. The molecule has 0 saturated carbocycles. The molecule has 1 aromatic heterocycles. The molecule has 0 N–H and O–H groups in total. The van der Waals surface area contributed by atoms with Crippen molar-refractivity contribution in [3.05, 3.63) is 24.2 Å². The highest BCUT2D eigenvalue weighted by atomic mass is 32.1. The average Bonchev–Trinajstić information content (AvgIpc) is 2.40. The summed E-state index contributed by atoms with van der Waals surface area (Å²) in [5.41, 5.74) is 1.22. The molecule has 0 bridgehead atoms. The van der Waals surface area contributed by atoms with Crippen molar-refractivity contribution in [1.29, 1.82) is 0 Å². The van der Waals surface area contributed by atoms with Crippen molar-refractivity contribution >= 4 is 12.6 Å². The molecule has 0 saturated heterocycles. The van der Waals surface area contributed by atoms with E-state index in [4.69, 9.17) is 4.42 Å². The molecular formula is C8H13NOS. The molecule has 0 aliphatic carbocycles. The summed E-state index contributed by atoms with van der Waals surface area (Å²) in [6.45, 7) is 1.95. The van der Waals surface area contributed by atoms with Gasteiger partial charge in [0, 0.05) is 24.4 Å². The van der Waals surface area contributed by atoms with E-state index in [2.05, 4.69) is 24.6 Å². The van der Waals surface area contributed by atoms with Gasteiger partial charge in [-0.3, -0.25) is 0 Å². The van der Waals surface area contributed by atoms with Gasteiger partial charge in [-0.15, -0.1) is 0 Å². The van der Waals surface area contributed by atoms with E-state index in [9.17, 15) is 0 Å².